The molecule has 0 saturated carbocycles. The highest BCUT2D eigenvalue weighted by molar-refractivity contribution is 7.09. The highest BCUT2D eigenvalue weighted by Gasteiger charge is 2.27. The number of tetrazole rings is 1. The van der Waals surface area contributed by atoms with Gasteiger partial charge in [-0.15, -0.1) is 16.4 Å². The Labute approximate surface area is 222 Å². The van der Waals surface area contributed by atoms with Gasteiger partial charge in [0.15, 0.2) is 0 Å². The highest BCUT2D eigenvalue weighted by atomic mass is 35.5. The minimum atomic E-state index is -0.532. The van der Waals surface area contributed by atoms with Gasteiger partial charge in [-0.2, -0.15) is 4.68 Å². The fourth-order valence-electron chi connectivity index (χ4n) is 4.36. The van der Waals surface area contributed by atoms with Crippen molar-refractivity contribution in [3.8, 4) is 16.9 Å². The van der Waals surface area contributed by atoms with Crippen molar-refractivity contribution >= 4 is 28.9 Å². The number of nitrogens with zero attached hydrogens (tertiary/aromatic N) is 8. The van der Waals surface area contributed by atoms with Crippen molar-refractivity contribution < 1.29 is 4.74 Å². The number of halogens is 1. The van der Waals surface area contributed by atoms with Crippen LogP contribution in [0.2, 0.25) is 5.02 Å². The predicted molar refractivity (Wildman–Crippen MR) is 142 cm³/mol. The van der Waals surface area contributed by atoms with E-state index in [4.69, 9.17) is 21.3 Å². The van der Waals surface area contributed by atoms with Crippen LogP contribution in [-0.4, -0.2) is 48.2 Å². The lowest BCUT2D eigenvalue weighted by Gasteiger charge is -2.31. The van der Waals surface area contributed by atoms with Crippen LogP contribution in [0.15, 0.2) is 78.7 Å². The molecule has 1 saturated heterocycles. The van der Waals surface area contributed by atoms with Gasteiger partial charge >= 0.3 is 0 Å². The van der Waals surface area contributed by atoms with Gasteiger partial charge in [0.05, 0.1) is 5.01 Å². The summed E-state index contributed by atoms with van der Waals surface area (Å²) in [6.45, 7) is 1.74. The lowest BCUT2D eigenvalue weighted by molar-refractivity contribution is 0.152. The van der Waals surface area contributed by atoms with Crippen molar-refractivity contribution in [3.63, 3.8) is 0 Å². The molecule has 6 rings (SSSR count). The smallest absolute Gasteiger partial charge is 0.238 e. The van der Waals surface area contributed by atoms with Crippen LogP contribution in [0.4, 0.5) is 5.95 Å². The van der Waals surface area contributed by atoms with E-state index in [9.17, 15) is 0 Å². The minimum Gasteiger partial charge on any atom is -0.463 e. The van der Waals surface area contributed by atoms with Crippen LogP contribution in [0.1, 0.15) is 35.7 Å². The first-order chi connectivity index (χ1) is 18.2. The lowest BCUT2D eigenvalue weighted by atomic mass is 9.98. The minimum absolute atomic E-state index is 0.370. The molecular formula is C26H23ClN8OS. The molecule has 1 fully saturated rings. The number of aromatic nitrogens is 7. The predicted octanol–water partition coefficient (Wildman–Crippen LogP) is 5.25. The summed E-state index contributed by atoms with van der Waals surface area (Å²) in [5.74, 6) is 1.86. The van der Waals surface area contributed by atoms with E-state index in [1.54, 1.807) is 22.3 Å². The van der Waals surface area contributed by atoms with Crippen LogP contribution in [0.5, 0.6) is 5.75 Å². The van der Waals surface area contributed by atoms with E-state index in [1.165, 1.54) is 0 Å². The number of rotatable bonds is 7. The maximum Gasteiger partial charge on any atom is 0.238 e. The van der Waals surface area contributed by atoms with Gasteiger partial charge in [-0.05, 0) is 53.1 Å². The van der Waals surface area contributed by atoms with Gasteiger partial charge < -0.3 is 9.64 Å². The van der Waals surface area contributed by atoms with Crippen molar-refractivity contribution in [2.45, 2.75) is 25.0 Å². The Morgan fingerprint density at radius 3 is 2.41 bits per heavy atom. The van der Waals surface area contributed by atoms with E-state index in [2.05, 4.69) is 30.4 Å². The van der Waals surface area contributed by atoms with E-state index in [0.717, 1.165) is 59.5 Å². The summed E-state index contributed by atoms with van der Waals surface area (Å²) < 4.78 is 7.78. The summed E-state index contributed by atoms with van der Waals surface area (Å²) in [6.07, 6.45) is 6.71. The van der Waals surface area contributed by atoms with Gasteiger partial charge in [-0.1, -0.05) is 41.9 Å². The van der Waals surface area contributed by atoms with E-state index in [0.29, 0.717) is 10.9 Å². The fourth-order valence-corrected chi connectivity index (χ4v) is 5.48. The highest BCUT2D eigenvalue weighted by Crippen LogP contribution is 2.34. The molecule has 0 radical (unpaired) electrons. The van der Waals surface area contributed by atoms with Crippen LogP contribution in [0.3, 0.4) is 0 Å². The summed E-state index contributed by atoms with van der Waals surface area (Å²) in [4.78, 5) is 16.4. The number of para-hydroxylation sites is 1. The summed E-state index contributed by atoms with van der Waals surface area (Å²) in [7, 11) is 0. The second-order valence-electron chi connectivity index (χ2n) is 8.72. The largest absolute Gasteiger partial charge is 0.463 e. The normalized spacial score (nSPS) is 15.0. The molecule has 1 aliphatic rings. The molecule has 9 nitrogen and oxygen atoms in total. The van der Waals surface area contributed by atoms with E-state index in [-0.39, 0.29) is 0 Å². The molecule has 1 unspecified atom stereocenters. The van der Waals surface area contributed by atoms with Crippen LogP contribution in [0.25, 0.3) is 11.1 Å². The molecule has 5 aromatic rings. The van der Waals surface area contributed by atoms with Gasteiger partial charge in [-0.25, -0.2) is 15.0 Å². The zero-order valence-electron chi connectivity index (χ0n) is 19.8. The Hall–Kier alpha value is -3.89. The number of thiazole rings is 1. The average molecular weight is 531 g/mol. The summed E-state index contributed by atoms with van der Waals surface area (Å²) in [6, 6.07) is 17.3. The molecule has 37 heavy (non-hydrogen) atoms. The zero-order chi connectivity index (χ0) is 25.0. The fraction of sp³-hybridized carbons (Fsp3) is 0.231. The Morgan fingerprint density at radius 1 is 0.946 bits per heavy atom. The van der Waals surface area contributed by atoms with E-state index in [1.807, 2.05) is 72.4 Å². The van der Waals surface area contributed by atoms with E-state index >= 15 is 0 Å². The first-order valence-electron chi connectivity index (χ1n) is 12.0. The maximum absolute atomic E-state index is 6.20. The lowest BCUT2D eigenvalue weighted by Crippen LogP contribution is -2.34. The molecule has 1 aliphatic heterocycles. The number of ether oxygens (including phenoxy) is 1. The maximum atomic E-state index is 6.20. The van der Waals surface area contributed by atoms with Gasteiger partial charge in [0.1, 0.15) is 17.8 Å². The standard InChI is InChI=1S/C26H23ClN8OS/c27-21-8-6-18(7-9-21)20-14-28-26(29-15-20)34-12-10-19(11-13-34)24-31-23(16-37-24)25(35-17-30-32-33-35)36-22-4-2-1-3-5-22/h1-9,14-17,19,25H,10-13H2. The zero-order valence-corrected chi connectivity index (χ0v) is 21.3. The van der Waals surface area contributed by atoms with Crippen molar-refractivity contribution in [1.29, 1.82) is 0 Å². The summed E-state index contributed by atoms with van der Waals surface area (Å²) in [5.41, 5.74) is 2.81. The third-order valence-corrected chi connectivity index (χ3v) is 7.61. The van der Waals surface area contributed by atoms with Crippen LogP contribution < -0.4 is 9.64 Å². The third-order valence-electron chi connectivity index (χ3n) is 6.33. The second-order valence-corrected chi connectivity index (χ2v) is 10.0. The van der Waals surface area contributed by atoms with Gasteiger partial charge in [0.2, 0.25) is 12.2 Å². The molecule has 0 bridgehead atoms. The monoisotopic (exact) mass is 530 g/mol. The topological polar surface area (TPSA) is 94.7 Å². The third kappa shape index (κ3) is 5.30. The molecule has 3 aromatic heterocycles. The second kappa shape index (κ2) is 10.6. The number of piperidine rings is 1. The van der Waals surface area contributed by atoms with Crippen molar-refractivity contribution in [3.05, 3.63) is 94.4 Å². The first kappa shape index (κ1) is 23.5. The Bertz CT molecular complexity index is 1420. The van der Waals surface area contributed by atoms with Crippen LogP contribution in [-0.2, 0) is 0 Å². The van der Waals surface area contributed by atoms with Crippen molar-refractivity contribution in [2.24, 2.45) is 0 Å². The number of anilines is 1. The summed E-state index contributed by atoms with van der Waals surface area (Å²) >= 11 is 7.66. The molecule has 11 heteroatoms. The molecule has 2 aromatic carbocycles. The van der Waals surface area contributed by atoms with Gasteiger partial charge in [0, 0.05) is 47.4 Å². The van der Waals surface area contributed by atoms with Crippen molar-refractivity contribution in [2.75, 3.05) is 18.0 Å². The molecule has 186 valence electrons. The number of hydrogen-bond donors (Lipinski definition) is 0. The van der Waals surface area contributed by atoms with Gasteiger partial charge in [0.25, 0.3) is 0 Å². The quantitative estimate of drug-likeness (QED) is 0.281. The molecule has 1 atom stereocenters. The number of benzene rings is 2. The average Bonchev–Trinajstić information content (AvgIpc) is 3.66. The van der Waals surface area contributed by atoms with Crippen LogP contribution in [0, 0.1) is 0 Å². The molecule has 4 heterocycles. The van der Waals surface area contributed by atoms with Crippen molar-refractivity contribution in [1.82, 2.24) is 35.2 Å². The molecule has 0 N–H and O–H groups in total. The SMILES string of the molecule is Clc1ccc(-c2cnc(N3CCC(c4nc(C(Oc5ccccc5)n5cnnn5)cs4)CC3)nc2)cc1. The number of hydrogen-bond acceptors (Lipinski definition) is 9. The van der Waals surface area contributed by atoms with Gasteiger partial charge in [-0.3, -0.25) is 0 Å². The Balaban J connectivity index is 1.12. The summed E-state index contributed by atoms with van der Waals surface area (Å²) in [5, 5.41) is 15.5. The molecule has 0 spiro atoms. The van der Waals surface area contributed by atoms with E-state index < -0.39 is 6.23 Å². The molecule has 0 aliphatic carbocycles. The Morgan fingerprint density at radius 2 is 1.70 bits per heavy atom. The molecular weight excluding hydrogens is 508 g/mol. The van der Waals surface area contributed by atoms with Crippen LogP contribution >= 0.6 is 22.9 Å². The Kier molecular flexibility index (Phi) is 6.74. The first-order valence-corrected chi connectivity index (χ1v) is 13.2. The molecule has 0 amide bonds.